The smallest absolute Gasteiger partial charge is 0.262 e. The highest BCUT2D eigenvalue weighted by Crippen LogP contribution is 2.22. The van der Waals surface area contributed by atoms with Gasteiger partial charge in [0.2, 0.25) is 0 Å². The fourth-order valence-electron chi connectivity index (χ4n) is 2.83. The van der Waals surface area contributed by atoms with Crippen LogP contribution in [0.2, 0.25) is 0 Å². The molecule has 0 fully saturated rings. The Morgan fingerprint density at radius 1 is 0.862 bits per heavy atom. The average Bonchev–Trinajstić information content (AvgIpc) is 2.66. The molecule has 1 amide bonds. The number of carbonyl (C=O) groups is 1. The van der Waals surface area contributed by atoms with Crippen molar-refractivity contribution in [2.24, 2.45) is 0 Å². The zero-order valence-corrected chi connectivity index (χ0v) is 17.1. The molecular formula is C22H21FN2O3S. The highest BCUT2D eigenvalue weighted by molar-refractivity contribution is 7.92. The molecule has 0 aliphatic rings. The Bertz CT molecular complexity index is 1170. The number of hydrogen-bond acceptors (Lipinski definition) is 3. The van der Waals surface area contributed by atoms with Gasteiger partial charge in [0, 0.05) is 11.3 Å². The summed E-state index contributed by atoms with van der Waals surface area (Å²) < 4.78 is 41.7. The molecule has 0 saturated heterocycles. The summed E-state index contributed by atoms with van der Waals surface area (Å²) in [7, 11) is -3.76. The Balaban J connectivity index is 1.77. The number of anilines is 2. The minimum atomic E-state index is -3.76. The van der Waals surface area contributed by atoms with E-state index in [0.29, 0.717) is 11.3 Å². The van der Waals surface area contributed by atoms with Gasteiger partial charge in [0.1, 0.15) is 5.82 Å². The van der Waals surface area contributed by atoms with Crippen LogP contribution in [0.5, 0.6) is 0 Å². The molecule has 3 aromatic carbocycles. The number of halogens is 1. The molecule has 0 radical (unpaired) electrons. The third-order valence-corrected chi connectivity index (χ3v) is 5.93. The van der Waals surface area contributed by atoms with Crippen LogP contribution in [-0.4, -0.2) is 14.3 Å². The minimum absolute atomic E-state index is 0.0923. The summed E-state index contributed by atoms with van der Waals surface area (Å²) in [5.74, 6) is -1.01. The van der Waals surface area contributed by atoms with Gasteiger partial charge in [-0.3, -0.25) is 9.52 Å². The van der Waals surface area contributed by atoms with Gasteiger partial charge in [-0.15, -0.1) is 0 Å². The second-order valence-electron chi connectivity index (χ2n) is 6.89. The van der Waals surface area contributed by atoms with Gasteiger partial charge in [-0.1, -0.05) is 18.2 Å². The zero-order valence-electron chi connectivity index (χ0n) is 16.3. The first-order valence-corrected chi connectivity index (χ1v) is 10.4. The van der Waals surface area contributed by atoms with Gasteiger partial charge in [0.05, 0.1) is 10.6 Å². The number of sulfonamides is 1. The molecule has 2 N–H and O–H groups in total. The summed E-state index contributed by atoms with van der Waals surface area (Å²) in [4.78, 5) is 12.6. The number of nitrogens with one attached hydrogen (secondary N) is 2. The summed E-state index contributed by atoms with van der Waals surface area (Å²) in [6.45, 7) is 5.35. The van der Waals surface area contributed by atoms with Gasteiger partial charge < -0.3 is 5.32 Å². The maximum atomic E-state index is 13.8. The van der Waals surface area contributed by atoms with E-state index in [4.69, 9.17) is 0 Å². The quantitative estimate of drug-likeness (QED) is 0.632. The standard InChI is InChI=1S/C22H21FN2O3S/c1-14-5-11-19(23)20(12-14)24-22(26)17-7-9-18(10-8-17)25-29(27,28)21-13-15(2)4-6-16(21)3/h4-13,25H,1-3H3,(H,24,26). The molecule has 0 spiro atoms. The van der Waals surface area contributed by atoms with E-state index >= 15 is 0 Å². The molecule has 150 valence electrons. The number of carbonyl (C=O) groups excluding carboxylic acids is 1. The van der Waals surface area contributed by atoms with Gasteiger partial charge >= 0.3 is 0 Å². The van der Waals surface area contributed by atoms with Crippen LogP contribution in [0, 0.1) is 26.6 Å². The number of aryl methyl sites for hydroxylation is 3. The molecule has 0 aliphatic heterocycles. The SMILES string of the molecule is Cc1ccc(F)c(NC(=O)c2ccc(NS(=O)(=O)c3cc(C)ccc3C)cc2)c1. The summed E-state index contributed by atoms with van der Waals surface area (Å²) in [6.07, 6.45) is 0. The maximum Gasteiger partial charge on any atom is 0.262 e. The van der Waals surface area contributed by atoms with Crippen molar-refractivity contribution in [2.45, 2.75) is 25.7 Å². The van der Waals surface area contributed by atoms with Crippen molar-refractivity contribution < 1.29 is 17.6 Å². The van der Waals surface area contributed by atoms with E-state index in [1.54, 1.807) is 38.1 Å². The number of benzene rings is 3. The van der Waals surface area contributed by atoms with E-state index in [1.807, 2.05) is 13.0 Å². The molecule has 0 aromatic heterocycles. The van der Waals surface area contributed by atoms with Gasteiger partial charge in [-0.2, -0.15) is 0 Å². The third kappa shape index (κ3) is 4.81. The van der Waals surface area contributed by atoms with E-state index in [2.05, 4.69) is 10.0 Å². The van der Waals surface area contributed by atoms with Crippen LogP contribution in [0.1, 0.15) is 27.0 Å². The summed E-state index contributed by atoms with van der Waals surface area (Å²) in [5.41, 5.74) is 2.99. The molecule has 0 unspecified atom stereocenters. The maximum absolute atomic E-state index is 13.8. The van der Waals surface area contributed by atoms with Crippen molar-refractivity contribution in [1.29, 1.82) is 0 Å². The van der Waals surface area contributed by atoms with Crippen molar-refractivity contribution in [2.75, 3.05) is 10.0 Å². The lowest BCUT2D eigenvalue weighted by molar-refractivity contribution is 0.102. The van der Waals surface area contributed by atoms with E-state index in [-0.39, 0.29) is 16.1 Å². The van der Waals surface area contributed by atoms with Gasteiger partial charge in [0.15, 0.2) is 0 Å². The van der Waals surface area contributed by atoms with Crippen molar-refractivity contribution in [3.05, 3.63) is 88.7 Å². The second kappa shape index (κ2) is 8.05. The van der Waals surface area contributed by atoms with Crippen LogP contribution >= 0.6 is 0 Å². The topological polar surface area (TPSA) is 75.3 Å². The molecule has 29 heavy (non-hydrogen) atoms. The number of rotatable bonds is 5. The van der Waals surface area contributed by atoms with E-state index in [0.717, 1.165) is 11.1 Å². The van der Waals surface area contributed by atoms with E-state index < -0.39 is 21.7 Å². The normalized spacial score (nSPS) is 11.2. The molecule has 0 atom stereocenters. The third-order valence-electron chi connectivity index (χ3n) is 4.40. The van der Waals surface area contributed by atoms with Crippen molar-refractivity contribution in [3.8, 4) is 0 Å². The molecule has 0 saturated carbocycles. The zero-order chi connectivity index (χ0) is 21.2. The highest BCUT2D eigenvalue weighted by atomic mass is 32.2. The minimum Gasteiger partial charge on any atom is -0.319 e. The fourth-order valence-corrected chi connectivity index (χ4v) is 4.22. The first kappa shape index (κ1) is 20.5. The van der Waals surface area contributed by atoms with Crippen LogP contribution < -0.4 is 10.0 Å². The second-order valence-corrected chi connectivity index (χ2v) is 8.54. The van der Waals surface area contributed by atoms with Crippen molar-refractivity contribution >= 4 is 27.3 Å². The fraction of sp³-hybridized carbons (Fsp3) is 0.136. The molecule has 0 bridgehead atoms. The van der Waals surface area contributed by atoms with E-state index in [1.165, 1.54) is 30.3 Å². The Morgan fingerprint density at radius 2 is 1.48 bits per heavy atom. The summed E-state index contributed by atoms with van der Waals surface area (Å²) >= 11 is 0. The average molecular weight is 412 g/mol. The van der Waals surface area contributed by atoms with Crippen LogP contribution in [0.3, 0.4) is 0 Å². The van der Waals surface area contributed by atoms with Crippen LogP contribution in [0.15, 0.2) is 65.6 Å². The van der Waals surface area contributed by atoms with E-state index in [9.17, 15) is 17.6 Å². The number of amides is 1. The highest BCUT2D eigenvalue weighted by Gasteiger charge is 2.17. The lowest BCUT2D eigenvalue weighted by atomic mass is 10.1. The molecule has 0 aliphatic carbocycles. The number of hydrogen-bond donors (Lipinski definition) is 2. The predicted octanol–water partition coefficient (Wildman–Crippen LogP) is 4.80. The Morgan fingerprint density at radius 3 is 2.17 bits per heavy atom. The summed E-state index contributed by atoms with van der Waals surface area (Å²) in [6, 6.07) is 15.6. The molecule has 0 heterocycles. The summed E-state index contributed by atoms with van der Waals surface area (Å²) in [5, 5.41) is 2.52. The van der Waals surface area contributed by atoms with Gasteiger partial charge in [-0.05, 0) is 79.9 Å². The first-order chi connectivity index (χ1) is 13.7. The lowest BCUT2D eigenvalue weighted by Gasteiger charge is -2.12. The molecule has 7 heteroatoms. The Hall–Kier alpha value is -3.19. The van der Waals surface area contributed by atoms with Crippen LogP contribution in [0.4, 0.5) is 15.8 Å². The van der Waals surface area contributed by atoms with Gasteiger partial charge in [0.25, 0.3) is 15.9 Å². The van der Waals surface area contributed by atoms with Crippen molar-refractivity contribution in [1.82, 2.24) is 0 Å². The molecule has 3 aromatic rings. The Labute approximate surface area is 169 Å². The Kier molecular flexibility index (Phi) is 5.70. The molecule has 5 nitrogen and oxygen atoms in total. The van der Waals surface area contributed by atoms with Crippen molar-refractivity contribution in [3.63, 3.8) is 0 Å². The predicted molar refractivity (Wildman–Crippen MR) is 112 cm³/mol. The van der Waals surface area contributed by atoms with Gasteiger partial charge in [-0.25, -0.2) is 12.8 Å². The van der Waals surface area contributed by atoms with Crippen LogP contribution in [0.25, 0.3) is 0 Å². The first-order valence-electron chi connectivity index (χ1n) is 8.93. The molecular weight excluding hydrogens is 391 g/mol. The molecule has 3 rings (SSSR count). The monoisotopic (exact) mass is 412 g/mol. The lowest BCUT2D eigenvalue weighted by Crippen LogP contribution is -2.15. The largest absolute Gasteiger partial charge is 0.319 e. The van der Waals surface area contributed by atoms with Crippen LogP contribution in [-0.2, 0) is 10.0 Å².